The van der Waals surface area contributed by atoms with E-state index < -0.39 is 42.3 Å². The summed E-state index contributed by atoms with van der Waals surface area (Å²) in [6.07, 6.45) is -0.133. The Morgan fingerprint density at radius 1 is 0.731 bits per heavy atom. The first-order valence-electron chi connectivity index (χ1n) is 8.85. The molecule has 0 aromatic rings. The van der Waals surface area contributed by atoms with Crippen LogP contribution in [0.5, 0.6) is 0 Å². The lowest BCUT2D eigenvalue weighted by Crippen LogP contribution is -2.63. The maximum Gasteiger partial charge on any atom is 0.355 e. The van der Waals surface area contributed by atoms with Crippen molar-refractivity contribution in [2.24, 2.45) is 0 Å². The predicted octanol–water partition coefficient (Wildman–Crippen LogP) is 3.20. The van der Waals surface area contributed by atoms with Crippen LogP contribution in [0.3, 0.4) is 0 Å². The second kappa shape index (κ2) is 9.23. The van der Waals surface area contributed by atoms with Crippen LogP contribution in [0.25, 0.3) is 0 Å². The zero-order valence-corrected chi connectivity index (χ0v) is 23.3. The number of hydrogen-bond donors (Lipinski definition) is 1. The molecule has 0 aliphatic carbocycles. The summed E-state index contributed by atoms with van der Waals surface area (Å²) < 4.78 is 30.4. The van der Waals surface area contributed by atoms with Crippen LogP contribution >= 0.6 is 0 Å². The molecule has 12 heteroatoms. The van der Waals surface area contributed by atoms with Crippen LogP contribution < -0.4 is 0 Å². The zero-order chi connectivity index (χ0) is 21.0. The molecule has 0 saturated carbocycles. The Morgan fingerprint density at radius 2 is 1.19 bits per heavy atom. The highest BCUT2D eigenvalue weighted by Gasteiger charge is 2.49. The first kappa shape index (κ1) is 26.4. The summed E-state index contributed by atoms with van der Waals surface area (Å²) in [5.74, 6) is -0.378. The average molecular weight is 459 g/mol. The molecule has 0 heterocycles. The van der Waals surface area contributed by atoms with Gasteiger partial charge in [-0.3, -0.25) is 4.79 Å². The minimum atomic E-state index is -2.98. The Balaban J connectivity index is 5.47. The van der Waals surface area contributed by atoms with Crippen molar-refractivity contribution in [3.8, 4) is 0 Å². The highest BCUT2D eigenvalue weighted by molar-refractivity contribution is 6.90. The first-order chi connectivity index (χ1) is 11.3. The van der Waals surface area contributed by atoms with Crippen molar-refractivity contribution in [3.05, 3.63) is 0 Å². The molecule has 0 aromatic carbocycles. The lowest BCUT2D eigenvalue weighted by atomic mass is 10.8. The van der Waals surface area contributed by atoms with E-state index in [9.17, 15) is 9.90 Å². The van der Waals surface area contributed by atoms with Crippen molar-refractivity contribution in [1.82, 2.24) is 0 Å². The molecule has 156 valence electrons. The Morgan fingerprint density at radius 3 is 1.54 bits per heavy atom. The van der Waals surface area contributed by atoms with Gasteiger partial charge in [0.15, 0.2) is 16.6 Å². The molecule has 0 aromatic heterocycles. The Hall–Kier alpha value is 0.354. The molecule has 1 N–H and O–H groups in total. The van der Waals surface area contributed by atoms with Gasteiger partial charge in [0.2, 0.25) is 0 Å². The fourth-order valence-corrected chi connectivity index (χ4v) is 24.8. The van der Waals surface area contributed by atoms with Crippen molar-refractivity contribution >= 4 is 48.3 Å². The lowest BCUT2D eigenvalue weighted by molar-refractivity contribution is -0.139. The van der Waals surface area contributed by atoms with Crippen LogP contribution in [-0.2, 0) is 26.0 Å². The van der Waals surface area contributed by atoms with Gasteiger partial charge in [-0.15, -0.1) is 0 Å². The first-order valence-corrected chi connectivity index (χ1v) is 23.5. The Kier molecular flexibility index (Phi) is 9.36. The van der Waals surface area contributed by atoms with Gasteiger partial charge in [0.1, 0.15) is 6.23 Å². The molecule has 0 amide bonds. The van der Waals surface area contributed by atoms with Crippen molar-refractivity contribution in [2.45, 2.75) is 72.4 Å². The van der Waals surface area contributed by atoms with Crippen LogP contribution in [0.4, 0.5) is 0 Å². The minimum absolute atomic E-state index is 0.0788. The van der Waals surface area contributed by atoms with Crippen molar-refractivity contribution < 1.29 is 31.1 Å². The quantitative estimate of drug-likeness (QED) is 0.376. The third-order valence-corrected chi connectivity index (χ3v) is 19.8. The fourth-order valence-electron chi connectivity index (χ4n) is 2.78. The largest absolute Gasteiger partial charge is 0.464 e. The molecule has 0 saturated heterocycles. The van der Waals surface area contributed by atoms with E-state index in [1.54, 1.807) is 0 Å². The molecule has 0 aliphatic rings. The molecule has 2 atom stereocenters. The van der Waals surface area contributed by atoms with Gasteiger partial charge in [-0.2, -0.15) is 0 Å². The summed E-state index contributed by atoms with van der Waals surface area (Å²) in [7, 11) is -12.1. The third-order valence-electron chi connectivity index (χ3n) is 2.79. The molecule has 0 aliphatic heterocycles. The van der Waals surface area contributed by atoms with Crippen LogP contribution in [0.1, 0.15) is 6.92 Å². The van der Waals surface area contributed by atoms with Crippen LogP contribution in [0.2, 0.25) is 65.5 Å². The monoisotopic (exact) mass is 458 g/mol. The standard InChI is InChI=1S/C14H38O7Si5/c1-14(16)17-13-26(11,19-23(5,6)7)21-25(10,12-15)20-24(8,9)18-22(2,3)4/h15H,12-13H2,1-11H3. The molecule has 26 heavy (non-hydrogen) atoms. The van der Waals surface area contributed by atoms with Crippen LogP contribution in [0.15, 0.2) is 0 Å². The van der Waals surface area contributed by atoms with Crippen LogP contribution in [0, 0.1) is 0 Å². The van der Waals surface area contributed by atoms with Crippen LogP contribution in [-0.4, -0.2) is 65.9 Å². The second-order valence-corrected chi connectivity index (χ2v) is 28.9. The minimum Gasteiger partial charge on any atom is -0.464 e. The fraction of sp³-hybridized carbons (Fsp3) is 0.929. The smallest absolute Gasteiger partial charge is 0.355 e. The number of hydrogen-bond acceptors (Lipinski definition) is 7. The summed E-state index contributed by atoms with van der Waals surface area (Å²) in [5.41, 5.74) is 0. The number of esters is 1. The van der Waals surface area contributed by atoms with E-state index >= 15 is 0 Å². The van der Waals surface area contributed by atoms with Gasteiger partial charge >= 0.3 is 31.7 Å². The van der Waals surface area contributed by atoms with Gasteiger partial charge in [0, 0.05) is 6.92 Å². The zero-order valence-electron chi connectivity index (χ0n) is 18.3. The number of ether oxygens (including phenoxy) is 1. The summed E-state index contributed by atoms with van der Waals surface area (Å²) in [6.45, 7) is 21.5. The van der Waals surface area contributed by atoms with E-state index in [1.807, 2.05) is 26.2 Å². The maximum absolute atomic E-state index is 11.3. The summed E-state index contributed by atoms with van der Waals surface area (Å²) in [6, 6.07) is 0. The number of aliphatic hydroxyl groups is 1. The third kappa shape index (κ3) is 11.9. The molecule has 0 radical (unpaired) electrons. The second-order valence-electron chi connectivity index (χ2n) is 9.24. The Bertz CT molecular complexity index is 477. The molecule has 0 bridgehead atoms. The summed E-state index contributed by atoms with van der Waals surface area (Å²) >= 11 is 0. The van der Waals surface area contributed by atoms with Gasteiger partial charge in [0.05, 0.1) is 6.23 Å². The highest BCUT2D eigenvalue weighted by Crippen LogP contribution is 2.26. The van der Waals surface area contributed by atoms with E-state index in [0.717, 1.165) is 0 Å². The van der Waals surface area contributed by atoms with Gasteiger partial charge < -0.3 is 26.3 Å². The van der Waals surface area contributed by atoms with Gasteiger partial charge in [-0.25, -0.2) is 0 Å². The SMILES string of the molecule is CC(=O)OC[Si](C)(O[Si](C)(C)C)O[Si](C)(CO)O[Si](C)(C)O[Si](C)(C)C. The van der Waals surface area contributed by atoms with Gasteiger partial charge in [-0.1, -0.05) is 0 Å². The number of carbonyl (C=O) groups is 1. The average Bonchev–Trinajstić information content (AvgIpc) is 2.29. The predicted molar refractivity (Wildman–Crippen MR) is 115 cm³/mol. The lowest BCUT2D eigenvalue weighted by Gasteiger charge is -2.42. The van der Waals surface area contributed by atoms with Gasteiger partial charge in [0.25, 0.3) is 0 Å². The molecule has 2 unspecified atom stereocenters. The van der Waals surface area contributed by atoms with Crippen molar-refractivity contribution in [2.75, 3.05) is 12.5 Å². The molecule has 7 nitrogen and oxygen atoms in total. The normalized spacial score (nSPS) is 18.2. The van der Waals surface area contributed by atoms with E-state index in [4.69, 9.17) is 21.2 Å². The van der Waals surface area contributed by atoms with Crippen molar-refractivity contribution in [3.63, 3.8) is 0 Å². The number of aliphatic hydroxyl groups excluding tert-OH is 1. The Labute approximate surface area is 164 Å². The molecular formula is C14H38O7Si5. The van der Waals surface area contributed by atoms with E-state index in [0.29, 0.717) is 0 Å². The molecule has 0 fully saturated rings. The maximum atomic E-state index is 11.3. The molecule has 0 spiro atoms. The highest BCUT2D eigenvalue weighted by atomic mass is 28.5. The molecule has 0 rings (SSSR count). The van der Waals surface area contributed by atoms with E-state index in [-0.39, 0.29) is 18.4 Å². The number of rotatable bonds is 11. The van der Waals surface area contributed by atoms with Gasteiger partial charge in [-0.05, 0) is 65.5 Å². The van der Waals surface area contributed by atoms with E-state index in [1.165, 1.54) is 6.92 Å². The van der Waals surface area contributed by atoms with E-state index in [2.05, 4.69) is 39.3 Å². The number of carbonyl (C=O) groups excluding carboxylic acids is 1. The summed E-state index contributed by atoms with van der Waals surface area (Å²) in [4.78, 5) is 11.3. The van der Waals surface area contributed by atoms with Crippen molar-refractivity contribution in [1.29, 1.82) is 0 Å². The molecular weight excluding hydrogens is 421 g/mol. The topological polar surface area (TPSA) is 83.5 Å². The summed E-state index contributed by atoms with van der Waals surface area (Å²) in [5, 5.41) is 10.0.